The van der Waals surface area contributed by atoms with Gasteiger partial charge in [0, 0.05) is 43.3 Å². The van der Waals surface area contributed by atoms with Gasteiger partial charge in [-0.05, 0) is 36.2 Å². The lowest BCUT2D eigenvalue weighted by Crippen LogP contribution is -2.30. The number of ether oxygens (including phenoxy) is 2. The number of benzene rings is 1. The van der Waals surface area contributed by atoms with Crippen molar-refractivity contribution in [2.24, 2.45) is 4.99 Å². The molecule has 0 bridgehead atoms. The number of hydrogen-bond donors (Lipinski definition) is 0. The predicted molar refractivity (Wildman–Crippen MR) is 102 cm³/mol. The lowest BCUT2D eigenvalue weighted by molar-refractivity contribution is 0.372. The predicted octanol–water partition coefficient (Wildman–Crippen LogP) is 3.59. The zero-order chi connectivity index (χ0) is 17.5. The number of nitrogens with zero attached hydrogens (tertiary/aromatic N) is 3. The summed E-state index contributed by atoms with van der Waals surface area (Å²) in [4.78, 5) is 11.3. The lowest BCUT2D eigenvalue weighted by Gasteiger charge is -2.28. The maximum Gasteiger partial charge on any atom is 0.159 e. The molecule has 0 N–H and O–H groups in total. The number of aliphatic imine (C=N–C) groups is 1. The number of rotatable bonds is 6. The maximum absolute atomic E-state index is 5.54. The van der Waals surface area contributed by atoms with Crippen LogP contribution in [0.1, 0.15) is 17.5 Å². The van der Waals surface area contributed by atoms with Gasteiger partial charge in [0.1, 0.15) is 11.5 Å². The minimum Gasteiger partial charge on any atom is -0.497 e. The fraction of sp³-hybridized carbons (Fsp3) is 0.368. The van der Waals surface area contributed by atoms with Crippen LogP contribution in [0, 0.1) is 0 Å². The van der Waals surface area contributed by atoms with E-state index in [0.29, 0.717) is 6.54 Å². The van der Waals surface area contributed by atoms with Crippen molar-refractivity contribution in [2.75, 3.05) is 26.5 Å². The van der Waals surface area contributed by atoms with E-state index in [-0.39, 0.29) is 0 Å². The van der Waals surface area contributed by atoms with Crippen molar-refractivity contribution in [3.8, 4) is 11.5 Å². The van der Waals surface area contributed by atoms with Crippen LogP contribution in [0.15, 0.2) is 47.7 Å². The molecule has 2 heterocycles. The second-order valence-electron chi connectivity index (χ2n) is 5.76. The first kappa shape index (κ1) is 17.6. The van der Waals surface area contributed by atoms with E-state index in [0.717, 1.165) is 47.5 Å². The van der Waals surface area contributed by atoms with Gasteiger partial charge < -0.3 is 14.4 Å². The van der Waals surface area contributed by atoms with Crippen LogP contribution in [0.5, 0.6) is 11.5 Å². The Labute approximate surface area is 153 Å². The summed E-state index contributed by atoms with van der Waals surface area (Å²) >= 11 is 1.82. The van der Waals surface area contributed by atoms with Crippen LogP contribution in [0.4, 0.5) is 0 Å². The molecule has 25 heavy (non-hydrogen) atoms. The van der Waals surface area contributed by atoms with Crippen LogP contribution in [-0.2, 0) is 13.1 Å². The van der Waals surface area contributed by atoms with Gasteiger partial charge in [0.05, 0.1) is 14.2 Å². The maximum atomic E-state index is 5.54. The number of amidine groups is 1. The minimum atomic E-state index is 0.709. The van der Waals surface area contributed by atoms with Gasteiger partial charge >= 0.3 is 0 Å². The smallest absolute Gasteiger partial charge is 0.159 e. The molecule has 6 heteroatoms. The first-order valence-electron chi connectivity index (χ1n) is 8.32. The fourth-order valence-electron chi connectivity index (χ4n) is 2.75. The van der Waals surface area contributed by atoms with Crippen molar-refractivity contribution in [3.63, 3.8) is 0 Å². The molecule has 1 aromatic heterocycles. The second kappa shape index (κ2) is 8.76. The topological polar surface area (TPSA) is 47.0 Å². The van der Waals surface area contributed by atoms with E-state index >= 15 is 0 Å². The third-order valence-electron chi connectivity index (χ3n) is 4.00. The third kappa shape index (κ3) is 4.66. The van der Waals surface area contributed by atoms with E-state index in [2.05, 4.69) is 16.0 Å². The SMILES string of the molecule is COc1ccc(OC)c(CN(Cc2cccnc2)C2=NCCCS2)c1. The van der Waals surface area contributed by atoms with E-state index in [1.807, 2.05) is 42.2 Å². The Morgan fingerprint density at radius 2 is 2.08 bits per heavy atom. The Hall–Kier alpha value is -2.21. The van der Waals surface area contributed by atoms with Crippen LogP contribution in [0.3, 0.4) is 0 Å². The molecule has 0 atom stereocenters. The van der Waals surface area contributed by atoms with Gasteiger partial charge in [-0.15, -0.1) is 0 Å². The molecule has 1 aromatic carbocycles. The average Bonchev–Trinajstić information content (AvgIpc) is 2.69. The van der Waals surface area contributed by atoms with Crippen LogP contribution in [0.2, 0.25) is 0 Å². The minimum absolute atomic E-state index is 0.709. The largest absolute Gasteiger partial charge is 0.497 e. The van der Waals surface area contributed by atoms with Crippen molar-refractivity contribution in [1.82, 2.24) is 9.88 Å². The van der Waals surface area contributed by atoms with Crippen LogP contribution in [-0.4, -0.2) is 41.6 Å². The van der Waals surface area contributed by atoms with Crippen LogP contribution in [0.25, 0.3) is 0 Å². The summed E-state index contributed by atoms with van der Waals surface area (Å²) in [5, 5.41) is 1.08. The van der Waals surface area contributed by atoms with Gasteiger partial charge in [0.2, 0.25) is 0 Å². The van der Waals surface area contributed by atoms with Crippen molar-refractivity contribution >= 4 is 16.9 Å². The lowest BCUT2D eigenvalue weighted by atomic mass is 10.1. The van der Waals surface area contributed by atoms with E-state index in [9.17, 15) is 0 Å². The quantitative estimate of drug-likeness (QED) is 0.791. The molecule has 0 amide bonds. The second-order valence-corrected chi connectivity index (χ2v) is 6.82. The average molecular weight is 357 g/mol. The summed E-state index contributed by atoms with van der Waals surface area (Å²) in [6.45, 7) is 2.36. The van der Waals surface area contributed by atoms with Gasteiger partial charge in [0.25, 0.3) is 0 Å². The molecule has 0 unspecified atom stereocenters. The Kier molecular flexibility index (Phi) is 6.17. The number of methoxy groups -OCH3 is 2. The molecule has 2 aromatic rings. The Balaban J connectivity index is 1.88. The zero-order valence-electron chi connectivity index (χ0n) is 14.6. The van der Waals surface area contributed by atoms with E-state index in [1.54, 1.807) is 20.4 Å². The van der Waals surface area contributed by atoms with Gasteiger partial charge in [0.15, 0.2) is 5.17 Å². The molecule has 132 valence electrons. The molecule has 0 saturated carbocycles. The normalized spacial score (nSPS) is 13.9. The van der Waals surface area contributed by atoms with E-state index in [4.69, 9.17) is 14.5 Å². The summed E-state index contributed by atoms with van der Waals surface area (Å²) in [5.41, 5.74) is 2.25. The molecule has 0 spiro atoms. The Morgan fingerprint density at radius 1 is 1.16 bits per heavy atom. The summed E-state index contributed by atoms with van der Waals surface area (Å²) in [6, 6.07) is 9.96. The van der Waals surface area contributed by atoms with Crippen LogP contribution < -0.4 is 9.47 Å². The van der Waals surface area contributed by atoms with E-state index < -0.39 is 0 Å². The number of thioether (sulfide) groups is 1. The monoisotopic (exact) mass is 357 g/mol. The number of hydrogen-bond acceptors (Lipinski definition) is 6. The Morgan fingerprint density at radius 3 is 2.76 bits per heavy atom. The van der Waals surface area contributed by atoms with Crippen LogP contribution >= 0.6 is 11.8 Å². The molecular weight excluding hydrogens is 334 g/mol. The first-order valence-corrected chi connectivity index (χ1v) is 9.30. The zero-order valence-corrected chi connectivity index (χ0v) is 15.5. The highest BCUT2D eigenvalue weighted by Gasteiger charge is 2.18. The number of pyridine rings is 1. The molecule has 0 saturated heterocycles. The molecule has 3 rings (SSSR count). The molecule has 0 aliphatic carbocycles. The number of aromatic nitrogens is 1. The molecule has 1 aliphatic heterocycles. The summed E-state index contributed by atoms with van der Waals surface area (Å²) in [7, 11) is 3.38. The van der Waals surface area contributed by atoms with Crippen molar-refractivity contribution < 1.29 is 9.47 Å². The van der Waals surface area contributed by atoms with Gasteiger partial charge in [-0.25, -0.2) is 0 Å². The van der Waals surface area contributed by atoms with Crippen molar-refractivity contribution in [1.29, 1.82) is 0 Å². The molecule has 0 fully saturated rings. The highest BCUT2D eigenvalue weighted by Crippen LogP contribution is 2.28. The molecule has 5 nitrogen and oxygen atoms in total. The highest BCUT2D eigenvalue weighted by molar-refractivity contribution is 8.13. The van der Waals surface area contributed by atoms with Gasteiger partial charge in [-0.2, -0.15) is 0 Å². The molecule has 1 aliphatic rings. The molecular formula is C19H23N3O2S. The van der Waals surface area contributed by atoms with Gasteiger partial charge in [-0.3, -0.25) is 9.98 Å². The highest BCUT2D eigenvalue weighted by atomic mass is 32.2. The summed E-state index contributed by atoms with van der Waals surface area (Å²) in [6.07, 6.45) is 4.84. The first-order chi connectivity index (χ1) is 12.3. The molecule has 0 radical (unpaired) electrons. The fourth-order valence-corrected chi connectivity index (χ4v) is 3.70. The van der Waals surface area contributed by atoms with Crippen molar-refractivity contribution in [2.45, 2.75) is 19.5 Å². The standard InChI is InChI=1S/C19H23N3O2S/c1-23-17-6-7-18(24-2)16(11-17)14-22(19-21-9-4-10-25-19)13-15-5-3-8-20-12-15/h3,5-8,11-12H,4,9-10,13-14H2,1-2H3. The van der Waals surface area contributed by atoms with E-state index in [1.165, 1.54) is 5.56 Å². The summed E-state index contributed by atoms with van der Waals surface area (Å²) in [5.74, 6) is 2.80. The van der Waals surface area contributed by atoms with Crippen molar-refractivity contribution in [3.05, 3.63) is 53.9 Å². The summed E-state index contributed by atoms with van der Waals surface area (Å²) < 4.78 is 10.9. The van der Waals surface area contributed by atoms with Gasteiger partial charge in [-0.1, -0.05) is 17.8 Å². The Bertz CT molecular complexity index is 722. The third-order valence-corrected chi connectivity index (χ3v) is 5.13.